The van der Waals surface area contributed by atoms with E-state index in [1.165, 1.54) is 4.57 Å². The lowest BCUT2D eigenvalue weighted by Gasteiger charge is -2.27. The number of aromatic nitrogens is 1. The summed E-state index contributed by atoms with van der Waals surface area (Å²) in [7, 11) is 1.65. The van der Waals surface area contributed by atoms with Crippen molar-refractivity contribution in [2.24, 2.45) is 12.5 Å². The van der Waals surface area contributed by atoms with Crippen molar-refractivity contribution in [1.82, 2.24) is 4.57 Å². The van der Waals surface area contributed by atoms with E-state index in [0.29, 0.717) is 30.0 Å². The van der Waals surface area contributed by atoms with Crippen molar-refractivity contribution in [3.05, 3.63) is 28.7 Å². The Kier molecular flexibility index (Phi) is 4.76. The van der Waals surface area contributed by atoms with Gasteiger partial charge in [0.25, 0.3) is 0 Å². The van der Waals surface area contributed by atoms with E-state index in [1.807, 2.05) is 6.92 Å². The highest BCUT2D eigenvalue weighted by Crippen LogP contribution is 2.42. The molecule has 6 nitrogen and oxygen atoms in total. The van der Waals surface area contributed by atoms with E-state index in [4.69, 9.17) is 9.15 Å². The second-order valence-electron chi connectivity index (χ2n) is 6.50. The molecule has 0 bridgehead atoms. The predicted molar refractivity (Wildman–Crippen MR) is 92.1 cm³/mol. The summed E-state index contributed by atoms with van der Waals surface area (Å²) in [5.74, 6) is -0.356. The molecule has 1 aromatic carbocycles. The monoisotopic (exact) mass is 332 g/mol. The summed E-state index contributed by atoms with van der Waals surface area (Å²) in [5, 5.41) is 3.03. The number of carbonyl (C=O) groups is 1. The number of anilines is 1. The van der Waals surface area contributed by atoms with Gasteiger partial charge in [-0.25, -0.2) is 4.79 Å². The van der Waals surface area contributed by atoms with Crippen LogP contribution in [0.4, 0.5) is 5.69 Å². The van der Waals surface area contributed by atoms with Gasteiger partial charge in [-0.05, 0) is 44.4 Å². The van der Waals surface area contributed by atoms with Gasteiger partial charge in [0.1, 0.15) is 0 Å². The minimum Gasteiger partial charge on any atom is -0.408 e. The fraction of sp³-hybridized carbons (Fsp3) is 0.556. The van der Waals surface area contributed by atoms with E-state index < -0.39 is 5.76 Å². The van der Waals surface area contributed by atoms with Crippen molar-refractivity contribution in [2.75, 3.05) is 18.5 Å². The quantitative estimate of drug-likeness (QED) is 0.825. The van der Waals surface area contributed by atoms with Crippen LogP contribution in [0, 0.1) is 5.41 Å². The van der Waals surface area contributed by atoms with Gasteiger partial charge in [-0.15, -0.1) is 0 Å². The third kappa shape index (κ3) is 3.11. The molecule has 1 heterocycles. The van der Waals surface area contributed by atoms with Gasteiger partial charge in [-0.3, -0.25) is 9.36 Å². The SMILES string of the molecule is CCOCCC1(C(=O)Nc2ccc3oc(=O)n(C)c3c2)CCCC1. The van der Waals surface area contributed by atoms with Crippen LogP contribution >= 0.6 is 0 Å². The lowest BCUT2D eigenvalue weighted by molar-refractivity contribution is -0.126. The molecule has 1 fully saturated rings. The van der Waals surface area contributed by atoms with Gasteiger partial charge in [-0.1, -0.05) is 12.8 Å². The van der Waals surface area contributed by atoms with Gasteiger partial charge >= 0.3 is 5.76 Å². The van der Waals surface area contributed by atoms with Crippen molar-refractivity contribution in [1.29, 1.82) is 0 Å². The molecule has 0 saturated heterocycles. The molecule has 1 N–H and O–H groups in total. The average molecular weight is 332 g/mol. The first-order valence-corrected chi connectivity index (χ1v) is 8.54. The maximum absolute atomic E-state index is 12.9. The van der Waals surface area contributed by atoms with Crippen LogP contribution in [0.5, 0.6) is 0 Å². The molecule has 0 atom stereocenters. The van der Waals surface area contributed by atoms with Crippen LogP contribution in [0.1, 0.15) is 39.0 Å². The van der Waals surface area contributed by atoms with Crippen molar-refractivity contribution < 1.29 is 13.9 Å². The van der Waals surface area contributed by atoms with Gasteiger partial charge in [-0.2, -0.15) is 0 Å². The zero-order valence-corrected chi connectivity index (χ0v) is 14.3. The number of aryl methyl sites for hydroxylation is 1. The van der Waals surface area contributed by atoms with E-state index in [1.54, 1.807) is 25.2 Å². The van der Waals surface area contributed by atoms with Crippen molar-refractivity contribution in [2.45, 2.75) is 39.0 Å². The summed E-state index contributed by atoms with van der Waals surface area (Å²) >= 11 is 0. The molecule has 24 heavy (non-hydrogen) atoms. The number of nitrogens with one attached hydrogen (secondary N) is 1. The van der Waals surface area contributed by atoms with Gasteiger partial charge in [0.05, 0.1) is 10.9 Å². The van der Waals surface area contributed by atoms with Crippen LogP contribution in [0.15, 0.2) is 27.4 Å². The number of amides is 1. The summed E-state index contributed by atoms with van der Waals surface area (Å²) in [5.41, 5.74) is 1.54. The Hall–Kier alpha value is -2.08. The number of hydrogen-bond acceptors (Lipinski definition) is 4. The maximum Gasteiger partial charge on any atom is 0.419 e. The number of hydrogen-bond donors (Lipinski definition) is 1. The standard InChI is InChI=1S/C18H24N2O4/c1-3-23-11-10-18(8-4-5-9-18)16(21)19-13-6-7-15-14(12-13)20(2)17(22)24-15/h6-7,12H,3-5,8-11H2,1-2H3,(H,19,21). The third-order valence-electron chi connectivity index (χ3n) is 5.02. The fourth-order valence-electron chi connectivity index (χ4n) is 3.52. The summed E-state index contributed by atoms with van der Waals surface area (Å²) < 4.78 is 12.0. The summed E-state index contributed by atoms with van der Waals surface area (Å²) in [6.45, 7) is 3.24. The Labute approximate surface area is 140 Å². The minimum atomic E-state index is -0.405. The summed E-state index contributed by atoms with van der Waals surface area (Å²) in [6.07, 6.45) is 4.71. The lowest BCUT2D eigenvalue weighted by atomic mass is 9.82. The zero-order valence-electron chi connectivity index (χ0n) is 14.3. The summed E-state index contributed by atoms with van der Waals surface area (Å²) in [4.78, 5) is 24.5. The van der Waals surface area contributed by atoms with Crippen LogP contribution in [-0.2, 0) is 16.6 Å². The number of nitrogens with zero attached hydrogens (tertiary/aromatic N) is 1. The Bertz CT molecular complexity index is 784. The van der Waals surface area contributed by atoms with E-state index in [9.17, 15) is 9.59 Å². The highest BCUT2D eigenvalue weighted by atomic mass is 16.5. The first-order chi connectivity index (χ1) is 11.6. The minimum absolute atomic E-state index is 0.0487. The molecule has 3 rings (SSSR count). The summed E-state index contributed by atoms with van der Waals surface area (Å²) in [6, 6.07) is 5.27. The Balaban J connectivity index is 1.79. The second kappa shape index (κ2) is 6.81. The molecule has 1 amide bonds. The molecule has 0 radical (unpaired) electrons. The normalized spacial score (nSPS) is 16.6. The highest BCUT2D eigenvalue weighted by Gasteiger charge is 2.40. The van der Waals surface area contributed by atoms with Gasteiger partial charge in [0.2, 0.25) is 5.91 Å². The zero-order chi connectivity index (χ0) is 17.2. The molecule has 0 spiro atoms. The number of ether oxygens (including phenoxy) is 1. The number of benzene rings is 1. The van der Waals surface area contributed by atoms with Crippen LogP contribution in [0.2, 0.25) is 0 Å². The Morgan fingerprint density at radius 3 is 2.83 bits per heavy atom. The molecule has 6 heteroatoms. The molecule has 2 aromatic rings. The molecule has 0 unspecified atom stereocenters. The van der Waals surface area contributed by atoms with E-state index in [-0.39, 0.29) is 11.3 Å². The topological polar surface area (TPSA) is 73.5 Å². The van der Waals surface area contributed by atoms with Gasteiger partial charge in [0, 0.05) is 25.9 Å². The fourth-order valence-corrected chi connectivity index (χ4v) is 3.52. The molecule has 1 saturated carbocycles. The molecule has 1 aliphatic rings. The van der Waals surface area contributed by atoms with Crippen LogP contribution in [0.25, 0.3) is 11.1 Å². The first kappa shape index (κ1) is 16.8. The van der Waals surface area contributed by atoms with Crippen molar-refractivity contribution >= 4 is 22.7 Å². The van der Waals surface area contributed by atoms with Crippen LogP contribution in [-0.4, -0.2) is 23.7 Å². The number of rotatable bonds is 6. The second-order valence-corrected chi connectivity index (χ2v) is 6.50. The lowest BCUT2D eigenvalue weighted by Crippen LogP contribution is -2.35. The van der Waals surface area contributed by atoms with Crippen molar-refractivity contribution in [3.8, 4) is 0 Å². The Morgan fingerprint density at radius 2 is 2.12 bits per heavy atom. The average Bonchev–Trinajstić information content (AvgIpc) is 3.15. The van der Waals surface area contributed by atoms with Crippen LogP contribution in [0.3, 0.4) is 0 Å². The number of carbonyl (C=O) groups excluding carboxylic acids is 1. The smallest absolute Gasteiger partial charge is 0.408 e. The molecule has 0 aliphatic heterocycles. The van der Waals surface area contributed by atoms with E-state index in [2.05, 4.69) is 5.32 Å². The molecular weight excluding hydrogens is 308 g/mol. The van der Waals surface area contributed by atoms with E-state index in [0.717, 1.165) is 32.1 Å². The molecule has 1 aromatic heterocycles. The van der Waals surface area contributed by atoms with Crippen LogP contribution < -0.4 is 11.1 Å². The van der Waals surface area contributed by atoms with Gasteiger partial charge in [0.15, 0.2) is 5.58 Å². The molecular formula is C18H24N2O4. The predicted octanol–water partition coefficient (Wildman–Crippen LogP) is 3.06. The highest BCUT2D eigenvalue weighted by molar-refractivity contribution is 5.96. The van der Waals surface area contributed by atoms with Gasteiger partial charge < -0.3 is 14.5 Å². The molecule has 130 valence electrons. The number of oxazole rings is 1. The first-order valence-electron chi connectivity index (χ1n) is 8.54. The van der Waals surface area contributed by atoms with E-state index >= 15 is 0 Å². The molecule has 1 aliphatic carbocycles. The Morgan fingerprint density at radius 1 is 1.38 bits per heavy atom. The van der Waals surface area contributed by atoms with Crippen molar-refractivity contribution in [3.63, 3.8) is 0 Å². The largest absolute Gasteiger partial charge is 0.419 e. The third-order valence-corrected chi connectivity index (χ3v) is 5.02. The number of fused-ring (bicyclic) bond motifs is 1. The maximum atomic E-state index is 12.9.